The van der Waals surface area contributed by atoms with Gasteiger partial charge in [-0.2, -0.15) is 10.5 Å². The molecule has 0 amide bonds. The zero-order valence-electron chi connectivity index (χ0n) is 10.2. The summed E-state index contributed by atoms with van der Waals surface area (Å²) in [5.74, 6) is 1.44. The lowest BCUT2D eigenvalue weighted by atomic mass is 10.6. The molecule has 1 heterocycles. The summed E-state index contributed by atoms with van der Waals surface area (Å²) in [6, 6.07) is 4.23. The molecule has 0 aliphatic carbocycles. The minimum atomic E-state index is 0.0408. The molecule has 102 valence electrons. The van der Waals surface area contributed by atoms with Gasteiger partial charge >= 0.3 is 0 Å². The van der Waals surface area contributed by atoms with Gasteiger partial charge in [-0.1, -0.05) is 11.3 Å². The van der Waals surface area contributed by atoms with Crippen molar-refractivity contribution in [2.24, 2.45) is 0 Å². The van der Waals surface area contributed by atoms with Crippen LogP contribution >= 0.6 is 47.1 Å². The van der Waals surface area contributed by atoms with Crippen LogP contribution in [0.1, 0.15) is 12.8 Å². The Bertz CT molecular complexity index is 538. The monoisotopic (exact) mass is 331 g/mol. The highest BCUT2D eigenvalue weighted by atomic mass is 32.2. The Balaban J connectivity index is 2.88. The van der Waals surface area contributed by atoms with Gasteiger partial charge in [0.05, 0.1) is 23.0 Å². The SMILES string of the molecule is N#CCCSc1sc(=S)n(CCO)c1SCCC#N. The van der Waals surface area contributed by atoms with Crippen molar-refractivity contribution in [1.29, 1.82) is 10.5 Å². The third-order valence-corrected chi connectivity index (χ3v) is 6.12. The van der Waals surface area contributed by atoms with Gasteiger partial charge in [0.15, 0.2) is 3.95 Å². The molecule has 19 heavy (non-hydrogen) atoms. The van der Waals surface area contributed by atoms with Crippen molar-refractivity contribution in [3.8, 4) is 12.1 Å². The van der Waals surface area contributed by atoms with Crippen LogP contribution in [0.5, 0.6) is 0 Å². The van der Waals surface area contributed by atoms with Gasteiger partial charge in [0.2, 0.25) is 0 Å². The van der Waals surface area contributed by atoms with Crippen molar-refractivity contribution in [1.82, 2.24) is 4.57 Å². The average molecular weight is 332 g/mol. The Hall–Kier alpha value is -0.510. The van der Waals surface area contributed by atoms with Crippen molar-refractivity contribution in [3.63, 3.8) is 0 Å². The number of nitrogens with zero attached hydrogens (tertiary/aromatic N) is 3. The number of thioether (sulfide) groups is 2. The smallest absolute Gasteiger partial charge is 0.163 e. The number of aliphatic hydroxyl groups excluding tert-OH is 1. The first-order valence-corrected chi connectivity index (χ1v) is 8.78. The molecule has 0 aliphatic rings. The molecular weight excluding hydrogens is 318 g/mol. The standard InChI is InChI=1S/C11H13N3OS4/c12-3-1-7-17-9-10(18-8-2-4-13)19-11(16)14(9)5-6-15/h15H,1-2,5-8H2. The van der Waals surface area contributed by atoms with E-state index < -0.39 is 0 Å². The van der Waals surface area contributed by atoms with Crippen LogP contribution in [-0.2, 0) is 6.54 Å². The fourth-order valence-electron chi connectivity index (χ4n) is 1.27. The van der Waals surface area contributed by atoms with E-state index in [1.165, 1.54) is 11.3 Å². The Morgan fingerprint density at radius 1 is 1.21 bits per heavy atom. The molecule has 1 aromatic heterocycles. The number of hydrogen-bond donors (Lipinski definition) is 1. The van der Waals surface area contributed by atoms with Gasteiger partial charge in [0.25, 0.3) is 0 Å². The van der Waals surface area contributed by atoms with Crippen LogP contribution in [0.2, 0.25) is 0 Å². The maximum Gasteiger partial charge on any atom is 0.163 e. The summed E-state index contributed by atoms with van der Waals surface area (Å²) in [4.78, 5) is 0. The van der Waals surface area contributed by atoms with Crippen LogP contribution in [-0.4, -0.2) is 27.8 Å². The van der Waals surface area contributed by atoms with Crippen molar-refractivity contribution in [2.75, 3.05) is 18.1 Å². The zero-order valence-corrected chi connectivity index (χ0v) is 13.4. The third kappa shape index (κ3) is 5.17. The molecule has 8 heteroatoms. The first kappa shape index (κ1) is 16.5. The molecule has 0 bridgehead atoms. The van der Waals surface area contributed by atoms with Gasteiger partial charge in [0, 0.05) is 30.9 Å². The second kappa shape index (κ2) is 9.40. The number of rotatable bonds is 8. The molecule has 0 saturated heterocycles. The Kier molecular flexibility index (Phi) is 8.19. The molecule has 0 aliphatic heterocycles. The summed E-state index contributed by atoms with van der Waals surface area (Å²) in [6.07, 6.45) is 0.979. The minimum absolute atomic E-state index is 0.0408. The second-order valence-electron chi connectivity index (χ2n) is 3.35. The van der Waals surface area contributed by atoms with Crippen LogP contribution in [0, 0.1) is 26.6 Å². The fraction of sp³-hybridized carbons (Fsp3) is 0.545. The van der Waals surface area contributed by atoms with Crippen molar-refractivity contribution in [2.45, 2.75) is 28.6 Å². The Labute approximate surface area is 130 Å². The molecule has 0 aromatic carbocycles. The third-order valence-electron chi connectivity index (χ3n) is 2.04. The van der Waals surface area contributed by atoms with Gasteiger partial charge in [-0.05, 0) is 12.2 Å². The second-order valence-corrected chi connectivity index (χ2v) is 7.44. The first-order chi connectivity index (χ1) is 9.24. The summed E-state index contributed by atoms with van der Waals surface area (Å²) in [5, 5.41) is 27.3. The van der Waals surface area contributed by atoms with E-state index in [4.69, 9.17) is 27.8 Å². The van der Waals surface area contributed by atoms with Crippen LogP contribution in [0.3, 0.4) is 0 Å². The van der Waals surface area contributed by atoms with E-state index in [-0.39, 0.29) is 6.61 Å². The first-order valence-electron chi connectivity index (χ1n) is 5.58. The number of thiazole rings is 1. The summed E-state index contributed by atoms with van der Waals surface area (Å²) >= 11 is 10.0. The maximum atomic E-state index is 9.09. The largest absolute Gasteiger partial charge is 0.395 e. The van der Waals surface area contributed by atoms with E-state index in [1.54, 1.807) is 23.5 Å². The number of hydrogen-bond acceptors (Lipinski definition) is 7. The van der Waals surface area contributed by atoms with Gasteiger partial charge in [0.1, 0.15) is 5.03 Å². The molecule has 0 unspecified atom stereocenters. The van der Waals surface area contributed by atoms with Gasteiger partial charge in [-0.3, -0.25) is 0 Å². The topological polar surface area (TPSA) is 72.7 Å². The number of nitriles is 2. The average Bonchev–Trinajstić information content (AvgIpc) is 2.68. The molecule has 4 nitrogen and oxygen atoms in total. The van der Waals surface area contributed by atoms with E-state index in [0.717, 1.165) is 18.9 Å². The summed E-state index contributed by atoms with van der Waals surface area (Å²) in [7, 11) is 0. The van der Waals surface area contributed by atoms with E-state index >= 15 is 0 Å². The predicted octanol–water partition coefficient (Wildman–Crippen LogP) is 3.28. The molecule has 1 N–H and O–H groups in total. The normalized spacial score (nSPS) is 10.1. The molecule has 1 aromatic rings. The van der Waals surface area contributed by atoms with Gasteiger partial charge in [-0.25, -0.2) is 0 Å². The molecular formula is C11H13N3OS4. The molecule has 0 radical (unpaired) electrons. The predicted molar refractivity (Wildman–Crippen MR) is 82.1 cm³/mol. The zero-order chi connectivity index (χ0) is 14.1. The molecule has 1 rings (SSSR count). The molecule has 0 atom stereocenters. The lowest BCUT2D eigenvalue weighted by Crippen LogP contribution is -2.03. The quantitative estimate of drug-likeness (QED) is 0.448. The highest BCUT2D eigenvalue weighted by Gasteiger charge is 2.13. The Morgan fingerprint density at radius 3 is 2.42 bits per heavy atom. The molecule has 0 saturated carbocycles. The van der Waals surface area contributed by atoms with Crippen molar-refractivity contribution < 1.29 is 5.11 Å². The summed E-state index contributed by atoms with van der Waals surface area (Å²) in [5.41, 5.74) is 0. The van der Waals surface area contributed by atoms with Crippen LogP contribution in [0.15, 0.2) is 9.24 Å². The Morgan fingerprint density at radius 2 is 1.84 bits per heavy atom. The fourth-order valence-corrected chi connectivity index (χ4v) is 5.46. The highest BCUT2D eigenvalue weighted by Crippen LogP contribution is 2.37. The molecule has 0 fully saturated rings. The van der Waals surface area contributed by atoms with Crippen LogP contribution < -0.4 is 0 Å². The van der Waals surface area contributed by atoms with Gasteiger partial charge in [-0.15, -0.1) is 23.5 Å². The van der Waals surface area contributed by atoms with Crippen molar-refractivity contribution in [3.05, 3.63) is 3.95 Å². The highest BCUT2D eigenvalue weighted by molar-refractivity contribution is 8.03. The van der Waals surface area contributed by atoms with E-state index in [9.17, 15) is 0 Å². The van der Waals surface area contributed by atoms with E-state index in [0.29, 0.717) is 25.1 Å². The lowest BCUT2D eigenvalue weighted by Gasteiger charge is -2.07. The van der Waals surface area contributed by atoms with E-state index in [2.05, 4.69) is 12.1 Å². The lowest BCUT2D eigenvalue weighted by molar-refractivity contribution is 0.271. The van der Waals surface area contributed by atoms with E-state index in [1.807, 2.05) is 4.57 Å². The summed E-state index contributed by atoms with van der Waals surface area (Å²) < 4.78 is 3.72. The molecule has 0 spiro atoms. The minimum Gasteiger partial charge on any atom is -0.395 e. The number of aromatic nitrogens is 1. The number of aliphatic hydroxyl groups is 1. The van der Waals surface area contributed by atoms with Crippen LogP contribution in [0.4, 0.5) is 0 Å². The summed E-state index contributed by atoms with van der Waals surface area (Å²) in [6.45, 7) is 0.516. The van der Waals surface area contributed by atoms with Crippen molar-refractivity contribution >= 4 is 47.1 Å². The van der Waals surface area contributed by atoms with Crippen LogP contribution in [0.25, 0.3) is 0 Å². The van der Waals surface area contributed by atoms with Gasteiger partial charge < -0.3 is 9.67 Å². The maximum absolute atomic E-state index is 9.09.